The van der Waals surface area contributed by atoms with Crippen LogP contribution in [0.2, 0.25) is 0 Å². The monoisotopic (exact) mass is 360 g/mol. The van der Waals surface area contributed by atoms with Gasteiger partial charge in [0.15, 0.2) is 0 Å². The molecule has 2 heterocycles. The lowest BCUT2D eigenvalue weighted by atomic mass is 9.66. The predicted molar refractivity (Wildman–Crippen MR) is 107 cm³/mol. The van der Waals surface area contributed by atoms with Gasteiger partial charge in [0.05, 0.1) is 22.4 Å². The van der Waals surface area contributed by atoms with E-state index in [1.807, 2.05) is 0 Å². The van der Waals surface area contributed by atoms with Crippen molar-refractivity contribution in [3.63, 3.8) is 0 Å². The molecule has 6 heteroatoms. The number of rotatable bonds is 3. The minimum Gasteiger partial charge on any atom is -0.400 e. The number of hydrogen-bond acceptors (Lipinski definition) is 4. The molecule has 0 atom stereocenters. The molecule has 3 rings (SSSR count). The smallest absolute Gasteiger partial charge is 0.400 e. The largest absolute Gasteiger partial charge is 0.494 e. The van der Waals surface area contributed by atoms with Crippen LogP contribution in [-0.4, -0.2) is 36.6 Å². The maximum Gasteiger partial charge on any atom is 0.494 e. The van der Waals surface area contributed by atoms with Gasteiger partial charge in [0.2, 0.25) is 0 Å². The summed E-state index contributed by atoms with van der Waals surface area (Å²) in [7, 11) is -0.778. The van der Waals surface area contributed by atoms with Crippen LogP contribution in [-0.2, 0) is 18.6 Å². The Morgan fingerprint density at radius 1 is 0.808 bits per heavy atom. The predicted octanol–water partition coefficient (Wildman–Crippen LogP) is 4.68. The van der Waals surface area contributed by atoms with E-state index >= 15 is 0 Å². The van der Waals surface area contributed by atoms with Crippen LogP contribution in [0.3, 0.4) is 0 Å². The van der Waals surface area contributed by atoms with Crippen molar-refractivity contribution >= 4 is 14.2 Å². The van der Waals surface area contributed by atoms with Crippen molar-refractivity contribution in [1.29, 1.82) is 0 Å². The molecule has 4 nitrogen and oxygen atoms in total. The first-order valence-electron chi connectivity index (χ1n) is 9.97. The molecule has 2 fully saturated rings. The Hall–Kier alpha value is -0.550. The van der Waals surface area contributed by atoms with Gasteiger partial charge in [-0.05, 0) is 86.5 Å². The zero-order valence-corrected chi connectivity index (χ0v) is 17.8. The van der Waals surface area contributed by atoms with E-state index in [1.165, 1.54) is 18.4 Å². The highest BCUT2D eigenvalue weighted by molar-refractivity contribution is 6.61. The van der Waals surface area contributed by atoms with Gasteiger partial charge in [-0.15, -0.1) is 0 Å². The first-order valence-corrected chi connectivity index (χ1v) is 9.97. The molecule has 0 amide bonds. The molecule has 0 unspecified atom stereocenters. The van der Waals surface area contributed by atoms with Gasteiger partial charge in [0.25, 0.3) is 0 Å². The number of allylic oxidation sites excluding steroid dienone is 3. The lowest BCUT2D eigenvalue weighted by Crippen LogP contribution is -2.41. The second-order valence-corrected chi connectivity index (χ2v) is 9.81. The molecule has 0 aromatic carbocycles. The standard InChI is InChI=1S/C20H34B2O4/c1-17(2)18(3,4)24-21(23-17)14-16(15-12-10-9-11-13-15)22-25-19(5,6)20(7,8)26-22/h12,14H,9-11,13H2,1-8H3/b16-14-. The molecule has 2 aliphatic heterocycles. The first-order chi connectivity index (χ1) is 11.8. The Balaban J connectivity index is 1.92. The van der Waals surface area contributed by atoms with Crippen LogP contribution in [0.5, 0.6) is 0 Å². The molecule has 0 aromatic rings. The van der Waals surface area contributed by atoms with Gasteiger partial charge < -0.3 is 18.6 Å². The van der Waals surface area contributed by atoms with Crippen molar-refractivity contribution in [3.8, 4) is 0 Å². The number of hydrogen-bond donors (Lipinski definition) is 0. The maximum atomic E-state index is 6.35. The Morgan fingerprint density at radius 2 is 1.31 bits per heavy atom. The van der Waals surface area contributed by atoms with Crippen molar-refractivity contribution in [2.45, 2.75) is 103 Å². The molecule has 0 radical (unpaired) electrons. The molecule has 1 aliphatic carbocycles. The van der Waals surface area contributed by atoms with Crippen LogP contribution in [0.1, 0.15) is 81.1 Å². The summed E-state index contributed by atoms with van der Waals surface area (Å²) in [6.45, 7) is 16.7. The second kappa shape index (κ2) is 6.51. The van der Waals surface area contributed by atoms with Crippen LogP contribution in [0.15, 0.2) is 23.1 Å². The summed E-state index contributed by atoms with van der Waals surface area (Å²) in [5.74, 6) is 2.08. The molecule has 144 valence electrons. The Labute approximate surface area is 160 Å². The van der Waals surface area contributed by atoms with E-state index in [2.05, 4.69) is 67.4 Å². The third-order valence-electron chi connectivity index (χ3n) is 6.76. The molecular formula is C20H34B2O4. The summed E-state index contributed by atoms with van der Waals surface area (Å²) in [4.78, 5) is 0. The van der Waals surface area contributed by atoms with Gasteiger partial charge in [0, 0.05) is 0 Å². The first kappa shape index (κ1) is 20.2. The average Bonchev–Trinajstić information content (AvgIpc) is 2.85. The van der Waals surface area contributed by atoms with Gasteiger partial charge in [-0.2, -0.15) is 0 Å². The van der Waals surface area contributed by atoms with Crippen molar-refractivity contribution in [2.24, 2.45) is 0 Å². The molecular weight excluding hydrogens is 326 g/mol. The maximum absolute atomic E-state index is 6.35. The van der Waals surface area contributed by atoms with Crippen molar-refractivity contribution in [3.05, 3.63) is 23.1 Å². The lowest BCUT2D eigenvalue weighted by Gasteiger charge is -2.32. The van der Waals surface area contributed by atoms with Crippen LogP contribution >= 0.6 is 0 Å². The van der Waals surface area contributed by atoms with Crippen LogP contribution < -0.4 is 0 Å². The average molecular weight is 360 g/mol. The Morgan fingerprint density at radius 3 is 1.77 bits per heavy atom. The van der Waals surface area contributed by atoms with E-state index in [4.69, 9.17) is 18.6 Å². The summed E-state index contributed by atoms with van der Waals surface area (Å²) < 4.78 is 25.1. The zero-order valence-electron chi connectivity index (χ0n) is 17.8. The fourth-order valence-corrected chi connectivity index (χ4v) is 3.51. The SMILES string of the molecule is CC1(C)OB(/C=C(\B2OC(C)(C)C(C)(C)O2)C2=CCCCC2)OC1(C)C. The lowest BCUT2D eigenvalue weighted by molar-refractivity contribution is 0.00578. The molecule has 0 bridgehead atoms. The fraction of sp³-hybridized carbons (Fsp3) is 0.800. The quantitative estimate of drug-likeness (QED) is 0.685. The Kier molecular flexibility index (Phi) is 5.05. The van der Waals surface area contributed by atoms with Gasteiger partial charge in [-0.1, -0.05) is 17.6 Å². The van der Waals surface area contributed by atoms with Crippen molar-refractivity contribution in [2.75, 3.05) is 0 Å². The third kappa shape index (κ3) is 3.58. The van der Waals surface area contributed by atoms with Gasteiger partial charge in [-0.3, -0.25) is 0 Å². The van der Waals surface area contributed by atoms with E-state index in [0.29, 0.717) is 0 Å². The molecule has 2 saturated heterocycles. The topological polar surface area (TPSA) is 36.9 Å². The van der Waals surface area contributed by atoms with Crippen molar-refractivity contribution in [1.82, 2.24) is 0 Å². The van der Waals surface area contributed by atoms with Gasteiger partial charge in [-0.25, -0.2) is 0 Å². The van der Waals surface area contributed by atoms with Gasteiger partial charge >= 0.3 is 14.2 Å². The highest BCUT2D eigenvalue weighted by Crippen LogP contribution is 2.42. The molecule has 0 saturated carbocycles. The van der Waals surface area contributed by atoms with Crippen LogP contribution in [0, 0.1) is 0 Å². The Bertz CT molecular complexity index is 587. The van der Waals surface area contributed by atoms with E-state index < -0.39 is 7.12 Å². The van der Waals surface area contributed by atoms with E-state index in [0.717, 1.165) is 18.3 Å². The minimum atomic E-state index is -0.392. The fourth-order valence-electron chi connectivity index (χ4n) is 3.51. The minimum absolute atomic E-state index is 0.351. The highest BCUT2D eigenvalue weighted by atomic mass is 16.7. The van der Waals surface area contributed by atoms with E-state index in [1.54, 1.807) is 0 Å². The summed E-state index contributed by atoms with van der Waals surface area (Å²) in [6, 6.07) is 0. The summed E-state index contributed by atoms with van der Waals surface area (Å²) in [5, 5.41) is 0. The third-order valence-corrected chi connectivity index (χ3v) is 6.76. The normalized spacial score (nSPS) is 29.8. The van der Waals surface area contributed by atoms with E-state index in [-0.39, 0.29) is 29.5 Å². The molecule has 26 heavy (non-hydrogen) atoms. The zero-order chi connectivity index (χ0) is 19.4. The highest BCUT2D eigenvalue weighted by Gasteiger charge is 2.54. The van der Waals surface area contributed by atoms with Crippen LogP contribution in [0.25, 0.3) is 0 Å². The van der Waals surface area contributed by atoms with E-state index in [9.17, 15) is 0 Å². The second-order valence-electron chi connectivity index (χ2n) is 9.81. The summed E-state index contributed by atoms with van der Waals surface area (Å²) in [5.41, 5.74) is 0.960. The van der Waals surface area contributed by atoms with Crippen molar-refractivity contribution < 1.29 is 18.6 Å². The summed E-state index contributed by atoms with van der Waals surface area (Å²) in [6.07, 6.45) is 6.93. The molecule has 0 N–H and O–H groups in total. The molecule has 0 aromatic heterocycles. The molecule has 3 aliphatic rings. The molecule has 0 spiro atoms. The van der Waals surface area contributed by atoms with Gasteiger partial charge in [0.1, 0.15) is 0 Å². The van der Waals surface area contributed by atoms with Crippen LogP contribution in [0.4, 0.5) is 0 Å². The summed E-state index contributed by atoms with van der Waals surface area (Å²) >= 11 is 0.